The van der Waals surface area contributed by atoms with Gasteiger partial charge in [0.2, 0.25) is 5.91 Å². The third-order valence-electron chi connectivity index (χ3n) is 4.71. The number of hydrogen-bond acceptors (Lipinski definition) is 3. The average molecular weight is 400 g/mol. The number of carbonyl (C=O) groups is 2. The standard InChI is InChI=1S/C23H29FN2O3/c1-5-25-23(28)17(4)26(14-18-10-6-8-12-20(18)24)22(27)15-29-21-13-9-7-11-19(21)16(2)3/h6-13,16-17H,5,14-15H2,1-4H3,(H,25,28)/t17-/m0/s1. The lowest BCUT2D eigenvalue weighted by Crippen LogP contribution is -2.49. The summed E-state index contributed by atoms with van der Waals surface area (Å²) >= 11 is 0. The Kier molecular flexibility index (Phi) is 8.19. The van der Waals surface area contributed by atoms with Crippen molar-refractivity contribution >= 4 is 11.8 Å². The van der Waals surface area contributed by atoms with Crippen molar-refractivity contribution in [3.8, 4) is 5.75 Å². The minimum absolute atomic E-state index is 0.0149. The van der Waals surface area contributed by atoms with Crippen LogP contribution in [0.1, 0.15) is 44.7 Å². The van der Waals surface area contributed by atoms with Crippen molar-refractivity contribution in [3.63, 3.8) is 0 Å². The number of hydrogen-bond donors (Lipinski definition) is 1. The molecule has 29 heavy (non-hydrogen) atoms. The van der Waals surface area contributed by atoms with E-state index in [0.29, 0.717) is 17.9 Å². The van der Waals surface area contributed by atoms with Gasteiger partial charge in [0.25, 0.3) is 5.91 Å². The number of nitrogens with one attached hydrogen (secondary N) is 1. The molecule has 0 heterocycles. The molecule has 0 radical (unpaired) electrons. The number of benzene rings is 2. The normalized spacial score (nSPS) is 11.8. The number of amides is 2. The maximum Gasteiger partial charge on any atom is 0.261 e. The molecular formula is C23H29FN2O3. The van der Waals surface area contributed by atoms with Gasteiger partial charge in [-0.3, -0.25) is 9.59 Å². The molecule has 5 nitrogen and oxygen atoms in total. The molecule has 0 unspecified atom stereocenters. The first-order valence-electron chi connectivity index (χ1n) is 9.87. The van der Waals surface area contributed by atoms with Gasteiger partial charge in [0.05, 0.1) is 0 Å². The van der Waals surface area contributed by atoms with Crippen LogP contribution in [-0.2, 0) is 16.1 Å². The predicted octanol–water partition coefficient (Wildman–Crippen LogP) is 3.88. The topological polar surface area (TPSA) is 58.6 Å². The summed E-state index contributed by atoms with van der Waals surface area (Å²) in [6, 6.07) is 13.0. The number of likely N-dealkylation sites (N-methyl/N-ethyl adjacent to an activating group) is 1. The minimum Gasteiger partial charge on any atom is -0.483 e. The summed E-state index contributed by atoms with van der Waals surface area (Å²) in [5.41, 5.74) is 1.34. The van der Waals surface area contributed by atoms with Gasteiger partial charge in [-0.2, -0.15) is 0 Å². The van der Waals surface area contributed by atoms with Crippen molar-refractivity contribution in [2.45, 2.75) is 46.2 Å². The Morgan fingerprint density at radius 1 is 1.07 bits per heavy atom. The molecule has 2 amide bonds. The highest BCUT2D eigenvalue weighted by Gasteiger charge is 2.27. The molecule has 0 bridgehead atoms. The van der Waals surface area contributed by atoms with Gasteiger partial charge in [0.15, 0.2) is 6.61 Å². The van der Waals surface area contributed by atoms with E-state index in [1.54, 1.807) is 32.0 Å². The van der Waals surface area contributed by atoms with Crippen LogP contribution in [0.3, 0.4) is 0 Å². The van der Waals surface area contributed by atoms with Crippen LogP contribution in [-0.4, -0.2) is 35.9 Å². The van der Waals surface area contributed by atoms with Crippen LogP contribution in [0.15, 0.2) is 48.5 Å². The summed E-state index contributed by atoms with van der Waals surface area (Å²) in [6.07, 6.45) is 0. The molecule has 0 fully saturated rings. The largest absolute Gasteiger partial charge is 0.483 e. The maximum atomic E-state index is 14.1. The van der Waals surface area contributed by atoms with Gasteiger partial charge in [-0.15, -0.1) is 0 Å². The third kappa shape index (κ3) is 6.04. The summed E-state index contributed by atoms with van der Waals surface area (Å²) in [5, 5.41) is 2.71. The number of ether oxygens (including phenoxy) is 1. The van der Waals surface area contributed by atoms with Crippen molar-refractivity contribution < 1.29 is 18.7 Å². The summed E-state index contributed by atoms with van der Waals surface area (Å²) in [4.78, 5) is 26.7. The van der Waals surface area contributed by atoms with Gasteiger partial charge in [-0.1, -0.05) is 50.2 Å². The van der Waals surface area contributed by atoms with Crippen LogP contribution in [0, 0.1) is 5.82 Å². The van der Waals surface area contributed by atoms with Crippen LogP contribution < -0.4 is 10.1 Å². The second-order valence-electron chi connectivity index (χ2n) is 7.16. The van der Waals surface area contributed by atoms with Gasteiger partial charge in [-0.05, 0) is 37.5 Å². The Labute approximate surface area is 171 Å². The summed E-state index contributed by atoms with van der Waals surface area (Å²) < 4.78 is 19.9. The molecule has 0 saturated carbocycles. The Morgan fingerprint density at radius 3 is 2.38 bits per heavy atom. The average Bonchev–Trinajstić information content (AvgIpc) is 2.71. The SMILES string of the molecule is CCNC(=O)[C@H](C)N(Cc1ccccc1F)C(=O)COc1ccccc1C(C)C. The second-order valence-corrected chi connectivity index (χ2v) is 7.16. The molecule has 1 N–H and O–H groups in total. The molecule has 156 valence electrons. The lowest BCUT2D eigenvalue weighted by Gasteiger charge is -2.29. The molecule has 0 saturated heterocycles. The van der Waals surface area contributed by atoms with Crippen molar-refractivity contribution in [2.75, 3.05) is 13.2 Å². The van der Waals surface area contributed by atoms with E-state index < -0.39 is 11.9 Å². The molecule has 0 spiro atoms. The number of carbonyl (C=O) groups excluding carboxylic acids is 2. The van der Waals surface area contributed by atoms with Crippen molar-refractivity contribution in [2.24, 2.45) is 0 Å². The Morgan fingerprint density at radius 2 is 1.72 bits per heavy atom. The van der Waals surface area contributed by atoms with Gasteiger partial charge in [-0.25, -0.2) is 4.39 Å². The smallest absolute Gasteiger partial charge is 0.261 e. The Balaban J connectivity index is 2.20. The molecule has 2 rings (SSSR count). The fourth-order valence-electron chi connectivity index (χ4n) is 3.03. The van der Waals surface area contributed by atoms with Gasteiger partial charge >= 0.3 is 0 Å². The number of nitrogens with zero attached hydrogens (tertiary/aromatic N) is 1. The second kappa shape index (κ2) is 10.6. The molecule has 2 aromatic carbocycles. The Bertz CT molecular complexity index is 838. The molecule has 1 atom stereocenters. The summed E-state index contributed by atoms with van der Waals surface area (Å²) in [6.45, 7) is 7.73. The first kappa shape index (κ1) is 22.4. The number of halogens is 1. The van der Waals surface area contributed by atoms with E-state index in [0.717, 1.165) is 5.56 Å². The van der Waals surface area contributed by atoms with E-state index in [4.69, 9.17) is 4.74 Å². The summed E-state index contributed by atoms with van der Waals surface area (Å²) in [5.74, 6) is -0.220. The molecule has 0 aliphatic heterocycles. The van der Waals surface area contributed by atoms with E-state index in [2.05, 4.69) is 5.32 Å². The van der Waals surface area contributed by atoms with Crippen LogP contribution in [0.2, 0.25) is 0 Å². The van der Waals surface area contributed by atoms with E-state index in [9.17, 15) is 14.0 Å². The highest BCUT2D eigenvalue weighted by atomic mass is 19.1. The highest BCUT2D eigenvalue weighted by Crippen LogP contribution is 2.26. The Hall–Kier alpha value is -2.89. The van der Waals surface area contributed by atoms with Gasteiger partial charge < -0.3 is 15.0 Å². The van der Waals surface area contributed by atoms with Gasteiger partial charge in [0, 0.05) is 18.7 Å². The van der Waals surface area contributed by atoms with Crippen LogP contribution in [0.5, 0.6) is 5.75 Å². The quantitative estimate of drug-likeness (QED) is 0.695. The molecule has 0 aliphatic rings. The molecule has 2 aromatic rings. The predicted molar refractivity (Wildman–Crippen MR) is 111 cm³/mol. The monoisotopic (exact) mass is 400 g/mol. The first-order chi connectivity index (χ1) is 13.8. The van der Waals surface area contributed by atoms with E-state index in [-0.39, 0.29) is 30.9 Å². The highest BCUT2D eigenvalue weighted by molar-refractivity contribution is 5.87. The van der Waals surface area contributed by atoms with Crippen molar-refractivity contribution in [1.29, 1.82) is 0 Å². The number of rotatable bonds is 9. The fourth-order valence-corrected chi connectivity index (χ4v) is 3.03. The maximum absolute atomic E-state index is 14.1. The fraction of sp³-hybridized carbons (Fsp3) is 0.391. The van der Waals surface area contributed by atoms with Crippen LogP contribution in [0.25, 0.3) is 0 Å². The molecule has 6 heteroatoms. The van der Waals surface area contributed by atoms with Crippen LogP contribution in [0.4, 0.5) is 4.39 Å². The lowest BCUT2D eigenvalue weighted by molar-refractivity contribution is -0.142. The molecule has 0 aromatic heterocycles. The van der Waals surface area contributed by atoms with E-state index in [1.165, 1.54) is 11.0 Å². The van der Waals surface area contributed by atoms with Crippen molar-refractivity contribution in [1.82, 2.24) is 10.2 Å². The number of para-hydroxylation sites is 1. The third-order valence-corrected chi connectivity index (χ3v) is 4.71. The van der Waals surface area contributed by atoms with E-state index in [1.807, 2.05) is 38.1 Å². The zero-order chi connectivity index (χ0) is 21.4. The first-order valence-corrected chi connectivity index (χ1v) is 9.87. The van der Waals surface area contributed by atoms with Crippen molar-refractivity contribution in [3.05, 3.63) is 65.5 Å². The van der Waals surface area contributed by atoms with E-state index >= 15 is 0 Å². The van der Waals surface area contributed by atoms with Crippen LogP contribution >= 0.6 is 0 Å². The minimum atomic E-state index is -0.758. The lowest BCUT2D eigenvalue weighted by atomic mass is 10.0. The zero-order valence-corrected chi connectivity index (χ0v) is 17.4. The van der Waals surface area contributed by atoms with Gasteiger partial charge in [0.1, 0.15) is 17.6 Å². The summed E-state index contributed by atoms with van der Waals surface area (Å²) in [7, 11) is 0. The molecular weight excluding hydrogens is 371 g/mol. The molecule has 0 aliphatic carbocycles. The zero-order valence-electron chi connectivity index (χ0n) is 17.4.